The average molecular weight is 321 g/mol. The van der Waals surface area contributed by atoms with Gasteiger partial charge in [0.2, 0.25) is 0 Å². The van der Waals surface area contributed by atoms with Gasteiger partial charge >= 0.3 is 5.97 Å². The smallest absolute Gasteiger partial charge is 0.339 e. The van der Waals surface area contributed by atoms with Crippen LogP contribution in [0.15, 0.2) is 47.2 Å². The van der Waals surface area contributed by atoms with Crippen LogP contribution in [0, 0.1) is 0 Å². The lowest BCUT2D eigenvalue weighted by molar-refractivity contribution is 0.0697. The van der Waals surface area contributed by atoms with Crippen LogP contribution in [-0.2, 0) is 6.54 Å². The number of nitrogens with zero attached hydrogens (tertiary/aromatic N) is 2. The number of pyridine rings is 1. The number of rotatable bonds is 4. The molecule has 1 aromatic carbocycles. The second-order valence-electron chi connectivity index (χ2n) is 4.15. The number of carboxylic acids is 1. The van der Waals surface area contributed by atoms with Gasteiger partial charge in [-0.3, -0.25) is 4.98 Å². The molecule has 0 radical (unpaired) electrons. The monoisotopic (exact) mass is 320 g/mol. The molecule has 0 atom stereocenters. The number of carbonyl (C=O) groups is 1. The topological polar surface area (TPSA) is 53.4 Å². The molecule has 0 unspecified atom stereocenters. The van der Waals surface area contributed by atoms with Gasteiger partial charge in [-0.2, -0.15) is 0 Å². The maximum atomic E-state index is 11.2. The van der Waals surface area contributed by atoms with E-state index >= 15 is 0 Å². The lowest BCUT2D eigenvalue weighted by Crippen LogP contribution is -2.19. The van der Waals surface area contributed by atoms with E-state index in [4.69, 9.17) is 5.11 Å². The van der Waals surface area contributed by atoms with E-state index in [2.05, 4.69) is 20.9 Å². The summed E-state index contributed by atoms with van der Waals surface area (Å²) in [6.07, 6.45) is 2.96. The van der Waals surface area contributed by atoms with E-state index in [1.807, 2.05) is 36.2 Å². The van der Waals surface area contributed by atoms with Crippen LogP contribution < -0.4 is 4.90 Å². The molecule has 0 amide bonds. The van der Waals surface area contributed by atoms with Gasteiger partial charge in [-0.1, -0.05) is 34.1 Å². The van der Waals surface area contributed by atoms with E-state index in [-0.39, 0.29) is 5.56 Å². The number of aromatic carboxylic acids is 1. The minimum atomic E-state index is -0.970. The molecule has 0 aliphatic carbocycles. The summed E-state index contributed by atoms with van der Waals surface area (Å²) in [5.74, 6) is -0.970. The van der Waals surface area contributed by atoms with Gasteiger partial charge in [0.25, 0.3) is 0 Å². The quantitative estimate of drug-likeness (QED) is 0.940. The van der Waals surface area contributed by atoms with Gasteiger partial charge in [0.05, 0.1) is 5.69 Å². The normalized spacial score (nSPS) is 10.2. The maximum absolute atomic E-state index is 11.2. The molecule has 4 nitrogen and oxygen atoms in total. The zero-order chi connectivity index (χ0) is 13.8. The summed E-state index contributed by atoms with van der Waals surface area (Å²) in [6, 6.07) is 9.58. The lowest BCUT2D eigenvalue weighted by atomic mass is 10.1. The number of carboxylic acid groups (broad SMARTS) is 1. The number of hydrogen-bond acceptors (Lipinski definition) is 3. The first-order valence-electron chi connectivity index (χ1n) is 5.71. The molecule has 1 aromatic heterocycles. The predicted octanol–water partition coefficient (Wildman–Crippen LogP) is 3.18. The average Bonchev–Trinajstić information content (AvgIpc) is 2.41. The zero-order valence-corrected chi connectivity index (χ0v) is 12.0. The number of hydrogen-bond donors (Lipinski definition) is 1. The zero-order valence-electron chi connectivity index (χ0n) is 10.4. The van der Waals surface area contributed by atoms with E-state index in [0.717, 1.165) is 10.0 Å². The molecule has 0 fully saturated rings. The van der Waals surface area contributed by atoms with Crippen LogP contribution in [0.5, 0.6) is 0 Å². The van der Waals surface area contributed by atoms with Crippen LogP contribution in [-0.4, -0.2) is 23.1 Å². The van der Waals surface area contributed by atoms with E-state index in [1.165, 1.54) is 6.20 Å². The largest absolute Gasteiger partial charge is 0.478 e. The first kappa shape index (κ1) is 13.5. The van der Waals surface area contributed by atoms with Crippen LogP contribution in [0.25, 0.3) is 0 Å². The molecule has 0 saturated heterocycles. The van der Waals surface area contributed by atoms with Gasteiger partial charge in [-0.25, -0.2) is 4.79 Å². The Bertz CT molecular complexity index is 602. The highest BCUT2D eigenvalue weighted by molar-refractivity contribution is 9.10. The summed E-state index contributed by atoms with van der Waals surface area (Å²) in [5, 5.41) is 9.16. The van der Waals surface area contributed by atoms with Crippen molar-refractivity contribution in [1.82, 2.24) is 4.98 Å². The van der Waals surface area contributed by atoms with Gasteiger partial charge < -0.3 is 10.0 Å². The van der Waals surface area contributed by atoms with Crippen molar-refractivity contribution in [3.63, 3.8) is 0 Å². The van der Waals surface area contributed by atoms with Gasteiger partial charge in [0.1, 0.15) is 5.56 Å². The first-order valence-corrected chi connectivity index (χ1v) is 6.50. The molecule has 0 bridgehead atoms. The van der Waals surface area contributed by atoms with Crippen LogP contribution >= 0.6 is 15.9 Å². The van der Waals surface area contributed by atoms with Gasteiger partial charge in [-0.15, -0.1) is 0 Å². The van der Waals surface area contributed by atoms with Crippen molar-refractivity contribution in [1.29, 1.82) is 0 Å². The van der Waals surface area contributed by atoms with Gasteiger partial charge in [0.15, 0.2) is 0 Å². The summed E-state index contributed by atoms with van der Waals surface area (Å²) >= 11 is 3.49. The molecule has 0 saturated carbocycles. The van der Waals surface area contributed by atoms with Crippen molar-refractivity contribution >= 4 is 27.6 Å². The highest BCUT2D eigenvalue weighted by Gasteiger charge is 2.14. The van der Waals surface area contributed by atoms with Crippen molar-refractivity contribution in [2.45, 2.75) is 6.54 Å². The summed E-state index contributed by atoms with van der Waals surface area (Å²) < 4.78 is 1.01. The van der Waals surface area contributed by atoms with E-state index < -0.39 is 5.97 Å². The Kier molecular flexibility index (Phi) is 4.16. The summed E-state index contributed by atoms with van der Waals surface area (Å²) in [7, 11) is 1.86. The Labute approximate surface area is 119 Å². The molecule has 2 aromatic rings. The Morgan fingerprint density at radius 1 is 1.37 bits per heavy atom. The standard InChI is InChI=1S/C14H13BrN2O2/c1-17(9-10-4-2-3-5-12(10)15)13-6-7-16-8-11(13)14(18)19/h2-8H,9H2,1H3,(H,18,19). The van der Waals surface area contributed by atoms with Crippen LogP contribution in [0.3, 0.4) is 0 Å². The molecule has 0 spiro atoms. The number of halogens is 1. The Morgan fingerprint density at radius 3 is 2.79 bits per heavy atom. The van der Waals surface area contributed by atoms with E-state index in [1.54, 1.807) is 12.3 Å². The molecular weight excluding hydrogens is 308 g/mol. The van der Waals surface area contributed by atoms with Crippen LogP contribution in [0.4, 0.5) is 5.69 Å². The van der Waals surface area contributed by atoms with Crippen molar-refractivity contribution in [2.24, 2.45) is 0 Å². The number of anilines is 1. The van der Waals surface area contributed by atoms with Crippen LogP contribution in [0.2, 0.25) is 0 Å². The fourth-order valence-corrected chi connectivity index (χ4v) is 2.26. The second-order valence-corrected chi connectivity index (χ2v) is 5.00. The predicted molar refractivity (Wildman–Crippen MR) is 77.4 cm³/mol. The molecule has 5 heteroatoms. The third-order valence-corrected chi connectivity index (χ3v) is 3.58. The second kappa shape index (κ2) is 5.84. The summed E-state index contributed by atoms with van der Waals surface area (Å²) in [4.78, 5) is 16.9. The fourth-order valence-electron chi connectivity index (χ4n) is 1.85. The first-order chi connectivity index (χ1) is 9.09. The molecule has 0 aliphatic rings. The van der Waals surface area contributed by atoms with Crippen molar-refractivity contribution < 1.29 is 9.90 Å². The van der Waals surface area contributed by atoms with Crippen molar-refractivity contribution in [3.8, 4) is 0 Å². The van der Waals surface area contributed by atoms with Gasteiger partial charge in [-0.05, 0) is 17.7 Å². The molecule has 19 heavy (non-hydrogen) atoms. The van der Waals surface area contributed by atoms with Gasteiger partial charge in [0, 0.05) is 30.5 Å². The summed E-state index contributed by atoms with van der Waals surface area (Å²) in [6.45, 7) is 0.617. The molecule has 1 N–H and O–H groups in total. The maximum Gasteiger partial charge on any atom is 0.339 e. The highest BCUT2D eigenvalue weighted by atomic mass is 79.9. The Morgan fingerprint density at radius 2 is 2.11 bits per heavy atom. The molecule has 2 rings (SSSR count). The van der Waals surface area contributed by atoms with Crippen LogP contribution in [0.1, 0.15) is 15.9 Å². The Balaban J connectivity index is 2.28. The highest BCUT2D eigenvalue weighted by Crippen LogP contribution is 2.23. The third kappa shape index (κ3) is 3.12. The third-order valence-electron chi connectivity index (χ3n) is 2.81. The van der Waals surface area contributed by atoms with E-state index in [9.17, 15) is 4.79 Å². The lowest BCUT2D eigenvalue weighted by Gasteiger charge is -2.21. The molecule has 98 valence electrons. The van der Waals surface area contributed by atoms with Crippen molar-refractivity contribution in [2.75, 3.05) is 11.9 Å². The minimum Gasteiger partial charge on any atom is -0.478 e. The SMILES string of the molecule is CN(Cc1ccccc1Br)c1ccncc1C(=O)O. The molecule has 0 aliphatic heterocycles. The Hall–Kier alpha value is -1.88. The number of aromatic nitrogens is 1. The number of benzene rings is 1. The molecule has 1 heterocycles. The molecular formula is C14H13BrN2O2. The minimum absolute atomic E-state index is 0.206. The van der Waals surface area contributed by atoms with E-state index in [0.29, 0.717) is 12.2 Å². The fraction of sp³-hybridized carbons (Fsp3) is 0.143. The van der Waals surface area contributed by atoms with Crippen molar-refractivity contribution in [3.05, 3.63) is 58.3 Å². The summed E-state index contributed by atoms with van der Waals surface area (Å²) in [5.41, 5.74) is 1.95.